The molecule has 0 bridgehead atoms. The normalized spacial score (nSPS) is 11.0. The van der Waals surface area contributed by atoms with E-state index in [9.17, 15) is 4.39 Å². The second-order valence-corrected chi connectivity index (χ2v) is 5.35. The van der Waals surface area contributed by atoms with E-state index in [1.54, 1.807) is 33.4 Å². The summed E-state index contributed by atoms with van der Waals surface area (Å²) in [7, 11) is 4.89. The fourth-order valence-electron chi connectivity index (χ4n) is 2.23. The Morgan fingerprint density at radius 2 is 1.77 bits per heavy atom. The van der Waals surface area contributed by atoms with Crippen LogP contribution in [0.4, 0.5) is 10.1 Å². The molecule has 2 N–H and O–H groups in total. The average Bonchev–Trinajstić information content (AvgIpc) is 2.68. The van der Waals surface area contributed by atoms with Crippen LogP contribution in [0.1, 0.15) is 6.42 Å². The second-order valence-electron chi connectivity index (χ2n) is 5.35. The number of nitrogens with zero attached hydrogens (tertiary/aromatic N) is 1. The summed E-state index contributed by atoms with van der Waals surface area (Å²) in [5.74, 6) is 2.32. The number of aliphatic imine (C=N–C) groups is 1. The van der Waals surface area contributed by atoms with Gasteiger partial charge in [-0.25, -0.2) is 4.39 Å². The molecule has 0 aromatic heterocycles. The summed E-state index contributed by atoms with van der Waals surface area (Å²) in [5.41, 5.74) is 0.832. The van der Waals surface area contributed by atoms with E-state index in [4.69, 9.17) is 14.2 Å². The van der Waals surface area contributed by atoms with Crippen LogP contribution in [0.15, 0.2) is 47.5 Å². The first-order valence-corrected chi connectivity index (χ1v) is 8.24. The highest BCUT2D eigenvalue weighted by Crippen LogP contribution is 2.29. The fraction of sp³-hybridized carbons (Fsp3) is 0.316. The highest BCUT2D eigenvalue weighted by atomic mass is 19.1. The van der Waals surface area contributed by atoms with Crippen LogP contribution < -0.4 is 24.8 Å². The highest BCUT2D eigenvalue weighted by Gasteiger charge is 2.06. The van der Waals surface area contributed by atoms with Gasteiger partial charge in [-0.1, -0.05) is 0 Å². The number of guanidine groups is 1. The minimum atomic E-state index is -0.274. The quantitative estimate of drug-likeness (QED) is 0.429. The summed E-state index contributed by atoms with van der Waals surface area (Å²) in [4.78, 5) is 4.19. The zero-order valence-corrected chi connectivity index (χ0v) is 15.2. The van der Waals surface area contributed by atoms with Crippen molar-refractivity contribution in [2.24, 2.45) is 4.99 Å². The third-order valence-electron chi connectivity index (χ3n) is 3.57. The van der Waals surface area contributed by atoms with Gasteiger partial charge in [0, 0.05) is 25.3 Å². The number of rotatable bonds is 8. The van der Waals surface area contributed by atoms with Crippen molar-refractivity contribution in [2.45, 2.75) is 6.42 Å². The lowest BCUT2D eigenvalue weighted by atomic mass is 10.3. The van der Waals surface area contributed by atoms with Crippen LogP contribution in [0, 0.1) is 5.82 Å². The number of ether oxygens (including phenoxy) is 3. The molecule has 0 amide bonds. The Labute approximate surface area is 153 Å². The van der Waals surface area contributed by atoms with Crippen molar-refractivity contribution < 1.29 is 18.6 Å². The van der Waals surface area contributed by atoms with Crippen molar-refractivity contribution in [3.8, 4) is 17.2 Å². The van der Waals surface area contributed by atoms with Crippen molar-refractivity contribution in [3.05, 3.63) is 48.3 Å². The largest absolute Gasteiger partial charge is 0.494 e. The lowest BCUT2D eigenvalue weighted by Gasteiger charge is -2.14. The maximum atomic E-state index is 12.8. The highest BCUT2D eigenvalue weighted by molar-refractivity contribution is 5.93. The van der Waals surface area contributed by atoms with Crippen LogP contribution in [-0.4, -0.2) is 40.4 Å². The molecular weight excluding hydrogens is 337 g/mol. The van der Waals surface area contributed by atoms with Gasteiger partial charge in [0.05, 0.1) is 20.8 Å². The summed E-state index contributed by atoms with van der Waals surface area (Å²) >= 11 is 0. The predicted molar refractivity (Wildman–Crippen MR) is 101 cm³/mol. The third kappa shape index (κ3) is 5.84. The van der Waals surface area contributed by atoms with Crippen LogP contribution in [0.25, 0.3) is 0 Å². The van der Waals surface area contributed by atoms with Crippen LogP contribution in [-0.2, 0) is 0 Å². The standard InChI is InChI=1S/C19H24FN3O3/c1-21-19(23-15-7-10-17(24-2)18(13-15)25-3)22-11-4-12-26-16-8-5-14(20)6-9-16/h5-10,13H,4,11-12H2,1-3H3,(H2,21,22,23). The lowest BCUT2D eigenvalue weighted by molar-refractivity contribution is 0.311. The molecular formula is C19H24FN3O3. The first kappa shape index (κ1) is 19.4. The Hall–Kier alpha value is -2.96. The molecule has 0 fully saturated rings. The Bertz CT molecular complexity index is 720. The Kier molecular flexibility index (Phi) is 7.54. The SMILES string of the molecule is CN=C(NCCCOc1ccc(F)cc1)Nc1ccc(OC)c(OC)c1. The monoisotopic (exact) mass is 361 g/mol. The maximum Gasteiger partial charge on any atom is 0.195 e. The van der Waals surface area contributed by atoms with E-state index in [-0.39, 0.29) is 5.82 Å². The first-order valence-electron chi connectivity index (χ1n) is 8.24. The van der Waals surface area contributed by atoms with Gasteiger partial charge in [-0.05, 0) is 42.8 Å². The number of halogens is 1. The van der Waals surface area contributed by atoms with Gasteiger partial charge in [0.2, 0.25) is 0 Å². The molecule has 0 aliphatic heterocycles. The van der Waals surface area contributed by atoms with Gasteiger partial charge in [-0.15, -0.1) is 0 Å². The molecule has 2 aromatic carbocycles. The summed E-state index contributed by atoms with van der Waals surface area (Å²) in [6.45, 7) is 1.19. The van der Waals surface area contributed by atoms with E-state index in [0.717, 1.165) is 12.1 Å². The molecule has 140 valence electrons. The Morgan fingerprint density at radius 3 is 2.42 bits per heavy atom. The van der Waals surface area contributed by atoms with Crippen molar-refractivity contribution in [1.82, 2.24) is 5.32 Å². The molecule has 0 aliphatic carbocycles. The van der Waals surface area contributed by atoms with Gasteiger partial charge in [-0.2, -0.15) is 0 Å². The van der Waals surface area contributed by atoms with E-state index in [2.05, 4.69) is 15.6 Å². The molecule has 0 saturated carbocycles. The van der Waals surface area contributed by atoms with Crippen LogP contribution in [0.5, 0.6) is 17.2 Å². The Morgan fingerprint density at radius 1 is 1.04 bits per heavy atom. The summed E-state index contributed by atoms with van der Waals surface area (Å²) < 4.78 is 28.9. The fourth-order valence-corrected chi connectivity index (χ4v) is 2.23. The summed E-state index contributed by atoms with van der Waals surface area (Å²) in [6.07, 6.45) is 0.768. The van der Waals surface area contributed by atoms with Crippen molar-refractivity contribution in [3.63, 3.8) is 0 Å². The third-order valence-corrected chi connectivity index (χ3v) is 3.57. The van der Waals surface area contributed by atoms with Crippen LogP contribution in [0.3, 0.4) is 0 Å². The van der Waals surface area contributed by atoms with Crippen molar-refractivity contribution >= 4 is 11.6 Å². The topological polar surface area (TPSA) is 64.1 Å². The first-order chi connectivity index (χ1) is 12.7. The number of benzene rings is 2. The molecule has 2 rings (SSSR count). The average molecular weight is 361 g/mol. The number of hydrogen-bond donors (Lipinski definition) is 2. The molecule has 7 heteroatoms. The molecule has 0 saturated heterocycles. The van der Waals surface area contributed by atoms with E-state index in [1.807, 2.05) is 18.2 Å². The van der Waals surface area contributed by atoms with Gasteiger partial charge in [0.15, 0.2) is 17.5 Å². The van der Waals surface area contributed by atoms with E-state index in [0.29, 0.717) is 36.4 Å². The number of nitrogens with one attached hydrogen (secondary N) is 2. The molecule has 2 aromatic rings. The van der Waals surface area contributed by atoms with E-state index < -0.39 is 0 Å². The van der Waals surface area contributed by atoms with Gasteiger partial charge in [-0.3, -0.25) is 4.99 Å². The summed E-state index contributed by atoms with van der Waals surface area (Å²) in [6, 6.07) is 11.5. The molecule has 0 unspecified atom stereocenters. The minimum absolute atomic E-state index is 0.274. The zero-order valence-electron chi connectivity index (χ0n) is 15.2. The predicted octanol–water partition coefficient (Wildman–Crippen LogP) is 3.30. The molecule has 26 heavy (non-hydrogen) atoms. The van der Waals surface area contributed by atoms with Gasteiger partial charge in [0.1, 0.15) is 11.6 Å². The molecule has 0 spiro atoms. The van der Waals surface area contributed by atoms with E-state index >= 15 is 0 Å². The number of methoxy groups -OCH3 is 2. The zero-order chi connectivity index (χ0) is 18.8. The van der Waals surface area contributed by atoms with Gasteiger partial charge < -0.3 is 24.8 Å². The van der Waals surface area contributed by atoms with Crippen molar-refractivity contribution in [2.75, 3.05) is 39.7 Å². The van der Waals surface area contributed by atoms with Crippen molar-refractivity contribution in [1.29, 1.82) is 0 Å². The molecule has 0 heterocycles. The van der Waals surface area contributed by atoms with E-state index in [1.165, 1.54) is 12.1 Å². The molecule has 0 atom stereocenters. The lowest BCUT2D eigenvalue weighted by Crippen LogP contribution is -2.32. The Balaban J connectivity index is 1.76. The molecule has 0 radical (unpaired) electrons. The minimum Gasteiger partial charge on any atom is -0.494 e. The van der Waals surface area contributed by atoms with Gasteiger partial charge >= 0.3 is 0 Å². The number of hydrogen-bond acceptors (Lipinski definition) is 4. The molecule has 0 aliphatic rings. The second kappa shape index (κ2) is 10.1. The number of anilines is 1. The van der Waals surface area contributed by atoms with Crippen LogP contribution >= 0.6 is 0 Å². The molecule has 6 nitrogen and oxygen atoms in total. The summed E-state index contributed by atoms with van der Waals surface area (Å²) in [5, 5.41) is 6.40. The maximum absolute atomic E-state index is 12.8. The van der Waals surface area contributed by atoms with Crippen LogP contribution in [0.2, 0.25) is 0 Å². The van der Waals surface area contributed by atoms with Gasteiger partial charge in [0.25, 0.3) is 0 Å². The smallest absolute Gasteiger partial charge is 0.195 e.